The van der Waals surface area contributed by atoms with Crippen molar-refractivity contribution in [2.24, 2.45) is 11.5 Å². The Morgan fingerprint density at radius 3 is 2.41 bits per heavy atom. The summed E-state index contributed by atoms with van der Waals surface area (Å²) < 4.78 is 0. The van der Waals surface area contributed by atoms with E-state index < -0.39 is 6.04 Å². The number of aromatic hydroxyl groups is 1. The van der Waals surface area contributed by atoms with Gasteiger partial charge in [0.2, 0.25) is 5.91 Å². The summed E-state index contributed by atoms with van der Waals surface area (Å²) >= 11 is 0. The number of hydrogen-bond donors (Lipinski definition) is 4. The number of nitrogens with one attached hydrogen (secondary N) is 1. The van der Waals surface area contributed by atoms with E-state index in [1.165, 1.54) is 0 Å². The molecule has 0 saturated carbocycles. The van der Waals surface area contributed by atoms with Crippen molar-refractivity contribution in [3.63, 3.8) is 0 Å². The molecule has 17 heavy (non-hydrogen) atoms. The van der Waals surface area contributed by atoms with Crippen molar-refractivity contribution in [3.05, 3.63) is 28.8 Å². The van der Waals surface area contributed by atoms with Crippen LogP contribution in [0.1, 0.15) is 16.7 Å². The number of hydrogen-bond acceptors (Lipinski definition) is 4. The van der Waals surface area contributed by atoms with E-state index in [0.717, 1.165) is 16.7 Å². The first-order valence-electron chi connectivity index (χ1n) is 5.48. The molecule has 0 unspecified atom stereocenters. The maximum Gasteiger partial charge on any atom is 0.238 e. The number of phenolic OH excluding ortho intramolecular Hbond substituents is 1. The van der Waals surface area contributed by atoms with E-state index in [9.17, 15) is 9.90 Å². The van der Waals surface area contributed by atoms with Crippen LogP contribution in [0.4, 0.5) is 0 Å². The Bertz CT molecular complexity index is 395. The molecular formula is C12H19N3O2. The van der Waals surface area contributed by atoms with Crippen molar-refractivity contribution in [3.8, 4) is 5.75 Å². The van der Waals surface area contributed by atoms with Gasteiger partial charge >= 0.3 is 0 Å². The molecule has 94 valence electrons. The van der Waals surface area contributed by atoms with Gasteiger partial charge in [-0.1, -0.05) is 0 Å². The fraction of sp³-hybridized carbons (Fsp3) is 0.417. The molecule has 1 aromatic carbocycles. The van der Waals surface area contributed by atoms with Crippen molar-refractivity contribution >= 4 is 5.91 Å². The highest BCUT2D eigenvalue weighted by Crippen LogP contribution is 2.21. The molecule has 1 atom stereocenters. The molecule has 0 spiro atoms. The predicted octanol–water partition coefficient (Wildman–Crippen LogP) is -0.0888. The quantitative estimate of drug-likeness (QED) is 0.550. The third kappa shape index (κ3) is 3.44. The van der Waals surface area contributed by atoms with Crippen LogP contribution < -0.4 is 16.8 Å². The van der Waals surface area contributed by atoms with Gasteiger partial charge in [0.05, 0.1) is 12.7 Å². The summed E-state index contributed by atoms with van der Waals surface area (Å²) in [5, 5.41) is 11.9. The third-order valence-electron chi connectivity index (χ3n) is 2.72. The Kier molecular flexibility index (Phi) is 4.48. The SMILES string of the molecule is Cc1cc(O)cc(C)c1C[C@H](N)C(=O)NCN. The van der Waals surface area contributed by atoms with E-state index in [4.69, 9.17) is 11.5 Å². The van der Waals surface area contributed by atoms with Crippen LogP contribution in [0.5, 0.6) is 5.75 Å². The Morgan fingerprint density at radius 2 is 1.94 bits per heavy atom. The van der Waals surface area contributed by atoms with Gasteiger partial charge in [-0.05, 0) is 49.1 Å². The molecular weight excluding hydrogens is 218 g/mol. The lowest BCUT2D eigenvalue weighted by Gasteiger charge is -2.15. The first-order valence-corrected chi connectivity index (χ1v) is 5.48. The Morgan fingerprint density at radius 1 is 1.41 bits per heavy atom. The summed E-state index contributed by atoms with van der Waals surface area (Å²) in [6, 6.07) is 2.70. The second-order valence-corrected chi connectivity index (χ2v) is 4.11. The van der Waals surface area contributed by atoms with Crippen LogP contribution in [0.15, 0.2) is 12.1 Å². The number of phenols is 1. The molecule has 0 radical (unpaired) electrons. The normalized spacial score (nSPS) is 12.2. The van der Waals surface area contributed by atoms with Crippen molar-refractivity contribution in [1.82, 2.24) is 5.32 Å². The van der Waals surface area contributed by atoms with Gasteiger partial charge in [-0.2, -0.15) is 0 Å². The first kappa shape index (κ1) is 13.5. The zero-order valence-corrected chi connectivity index (χ0v) is 10.2. The Hall–Kier alpha value is -1.59. The van der Waals surface area contributed by atoms with Crippen molar-refractivity contribution in [2.75, 3.05) is 6.67 Å². The van der Waals surface area contributed by atoms with Gasteiger partial charge in [-0.15, -0.1) is 0 Å². The highest BCUT2D eigenvalue weighted by atomic mass is 16.3. The molecule has 0 aliphatic carbocycles. The largest absolute Gasteiger partial charge is 0.508 e. The Balaban J connectivity index is 2.85. The Labute approximate surface area is 101 Å². The van der Waals surface area contributed by atoms with Gasteiger partial charge in [-0.25, -0.2) is 0 Å². The first-order chi connectivity index (χ1) is 7.95. The molecule has 1 amide bonds. The third-order valence-corrected chi connectivity index (χ3v) is 2.72. The molecule has 0 aliphatic heterocycles. The van der Waals surface area contributed by atoms with Gasteiger partial charge in [-0.3, -0.25) is 4.79 Å². The number of rotatable bonds is 4. The van der Waals surface area contributed by atoms with Crippen LogP contribution in [0.3, 0.4) is 0 Å². The minimum atomic E-state index is -0.625. The maximum atomic E-state index is 11.5. The van der Waals surface area contributed by atoms with Gasteiger partial charge in [0, 0.05) is 0 Å². The summed E-state index contributed by atoms with van der Waals surface area (Å²) in [6.07, 6.45) is 0.434. The van der Waals surface area contributed by atoms with Crippen LogP contribution in [0.25, 0.3) is 0 Å². The number of carbonyl (C=O) groups is 1. The van der Waals surface area contributed by atoms with Crippen LogP contribution in [-0.4, -0.2) is 23.7 Å². The van der Waals surface area contributed by atoms with Gasteiger partial charge < -0.3 is 21.9 Å². The number of aryl methyl sites for hydroxylation is 2. The fourth-order valence-electron chi connectivity index (χ4n) is 1.84. The molecule has 0 heterocycles. The number of nitrogens with two attached hydrogens (primary N) is 2. The van der Waals surface area contributed by atoms with E-state index in [-0.39, 0.29) is 18.3 Å². The van der Waals surface area contributed by atoms with Crippen molar-refractivity contribution < 1.29 is 9.90 Å². The smallest absolute Gasteiger partial charge is 0.238 e. The van der Waals surface area contributed by atoms with Gasteiger partial charge in [0.15, 0.2) is 0 Å². The van der Waals surface area contributed by atoms with E-state index in [2.05, 4.69) is 5.32 Å². The zero-order chi connectivity index (χ0) is 13.0. The van der Waals surface area contributed by atoms with Crippen molar-refractivity contribution in [2.45, 2.75) is 26.3 Å². The molecule has 6 N–H and O–H groups in total. The molecule has 5 heteroatoms. The number of amides is 1. The summed E-state index contributed by atoms with van der Waals surface area (Å²) in [5.41, 5.74) is 13.8. The number of benzene rings is 1. The highest BCUT2D eigenvalue weighted by Gasteiger charge is 2.16. The van der Waals surface area contributed by atoms with E-state index in [1.54, 1.807) is 12.1 Å². The number of carbonyl (C=O) groups excluding carboxylic acids is 1. The van der Waals surface area contributed by atoms with Crippen molar-refractivity contribution in [1.29, 1.82) is 0 Å². The van der Waals surface area contributed by atoms with Crippen LogP contribution in [0, 0.1) is 13.8 Å². The maximum absolute atomic E-state index is 11.5. The van der Waals surface area contributed by atoms with Crippen LogP contribution in [0.2, 0.25) is 0 Å². The lowest BCUT2D eigenvalue weighted by atomic mass is 9.96. The molecule has 0 fully saturated rings. The van der Waals surface area contributed by atoms with E-state index >= 15 is 0 Å². The highest BCUT2D eigenvalue weighted by molar-refractivity contribution is 5.81. The average Bonchev–Trinajstić information content (AvgIpc) is 2.23. The minimum Gasteiger partial charge on any atom is -0.508 e. The molecule has 0 aromatic heterocycles. The molecule has 1 aromatic rings. The van der Waals surface area contributed by atoms with E-state index in [1.807, 2.05) is 13.8 Å². The summed E-state index contributed by atoms with van der Waals surface area (Å²) in [6.45, 7) is 3.85. The molecule has 0 saturated heterocycles. The summed E-state index contributed by atoms with van der Waals surface area (Å²) in [5.74, 6) is -0.0388. The van der Waals surface area contributed by atoms with Crippen LogP contribution in [-0.2, 0) is 11.2 Å². The topological polar surface area (TPSA) is 101 Å². The molecule has 5 nitrogen and oxygen atoms in total. The second-order valence-electron chi connectivity index (χ2n) is 4.11. The van der Waals surface area contributed by atoms with Gasteiger partial charge in [0.1, 0.15) is 5.75 Å². The predicted molar refractivity (Wildman–Crippen MR) is 66.5 cm³/mol. The molecule has 0 bridgehead atoms. The zero-order valence-electron chi connectivity index (χ0n) is 10.2. The lowest BCUT2D eigenvalue weighted by Crippen LogP contribution is -2.44. The van der Waals surface area contributed by atoms with E-state index in [0.29, 0.717) is 6.42 Å². The second kappa shape index (κ2) is 5.65. The van der Waals surface area contributed by atoms with Gasteiger partial charge in [0.25, 0.3) is 0 Å². The molecule has 0 aliphatic rings. The fourth-order valence-corrected chi connectivity index (χ4v) is 1.84. The monoisotopic (exact) mass is 237 g/mol. The standard InChI is InChI=1S/C12H19N3O2/c1-7-3-9(16)4-8(2)10(7)5-11(14)12(17)15-6-13/h3-4,11,16H,5-6,13-14H2,1-2H3,(H,15,17)/t11-/m0/s1. The minimum absolute atomic E-state index is 0.0834. The lowest BCUT2D eigenvalue weighted by molar-refractivity contribution is -0.122. The summed E-state index contributed by atoms with van der Waals surface area (Å²) in [4.78, 5) is 11.5. The summed E-state index contributed by atoms with van der Waals surface area (Å²) in [7, 11) is 0. The molecule has 1 rings (SSSR count). The average molecular weight is 237 g/mol. The van der Waals surface area contributed by atoms with Crippen LogP contribution >= 0.6 is 0 Å².